The second-order valence-corrected chi connectivity index (χ2v) is 9.44. The molecule has 1 aliphatic heterocycles. The van der Waals surface area contributed by atoms with E-state index in [1.807, 2.05) is 25.1 Å². The van der Waals surface area contributed by atoms with Gasteiger partial charge in [-0.1, -0.05) is 32.0 Å². The van der Waals surface area contributed by atoms with E-state index >= 15 is 0 Å². The molecular weight excluding hydrogens is 416 g/mol. The van der Waals surface area contributed by atoms with E-state index in [-0.39, 0.29) is 17.7 Å². The molecule has 174 valence electrons. The number of nitrogens with zero attached hydrogens (tertiary/aromatic N) is 3. The highest BCUT2D eigenvalue weighted by atomic mass is 16.4. The van der Waals surface area contributed by atoms with Crippen molar-refractivity contribution >= 4 is 22.8 Å². The number of aromatic hydroxyl groups is 1. The van der Waals surface area contributed by atoms with E-state index in [4.69, 9.17) is 9.97 Å². The highest BCUT2D eigenvalue weighted by Gasteiger charge is 2.30. The van der Waals surface area contributed by atoms with Crippen LogP contribution in [0, 0.1) is 18.8 Å². The average Bonchev–Trinajstić information content (AvgIpc) is 2.77. The standard InChI is InChI=1S/C26H32N4O3/c1-16(2)13-21(28-26(32)33)18-7-6-12-30(15-18)25-19-11-10-17(3)14-22(19)27-24(29-25)20-8-4-5-9-23(20)31/h4-5,8-11,14,16,18,21,28,31H,6-7,12-13,15H2,1-3H3,(H,32,33)/t18-,21?/m0/s1. The predicted molar refractivity (Wildman–Crippen MR) is 131 cm³/mol. The van der Waals surface area contributed by atoms with Gasteiger partial charge in [0.15, 0.2) is 5.82 Å². The van der Waals surface area contributed by atoms with Crippen molar-refractivity contribution in [3.8, 4) is 17.1 Å². The zero-order chi connectivity index (χ0) is 23.5. The summed E-state index contributed by atoms with van der Waals surface area (Å²) in [7, 11) is 0. The predicted octanol–water partition coefficient (Wildman–Crippen LogP) is 5.21. The molecule has 3 aromatic rings. The summed E-state index contributed by atoms with van der Waals surface area (Å²) in [5, 5.41) is 23.5. The molecule has 7 nitrogen and oxygen atoms in total. The number of phenolic OH excluding ortho intramolecular Hbond substituents is 1. The Morgan fingerprint density at radius 1 is 1.21 bits per heavy atom. The maximum absolute atomic E-state index is 11.5. The molecule has 0 bridgehead atoms. The first-order chi connectivity index (χ1) is 15.8. The third-order valence-electron chi connectivity index (χ3n) is 6.34. The van der Waals surface area contributed by atoms with Crippen LogP contribution in [0.4, 0.5) is 10.6 Å². The summed E-state index contributed by atoms with van der Waals surface area (Å²) in [5.41, 5.74) is 2.54. The van der Waals surface area contributed by atoms with Crippen LogP contribution in [-0.4, -0.2) is 45.4 Å². The highest BCUT2D eigenvalue weighted by molar-refractivity contribution is 5.92. The van der Waals surface area contributed by atoms with Crippen molar-refractivity contribution in [2.24, 2.45) is 11.8 Å². The molecule has 7 heteroatoms. The molecule has 1 unspecified atom stereocenters. The second kappa shape index (κ2) is 9.65. The number of benzene rings is 2. The fourth-order valence-electron chi connectivity index (χ4n) is 4.81. The molecule has 33 heavy (non-hydrogen) atoms. The van der Waals surface area contributed by atoms with Gasteiger partial charge in [0.25, 0.3) is 0 Å². The Hall–Kier alpha value is -3.35. The van der Waals surface area contributed by atoms with Gasteiger partial charge in [0.05, 0.1) is 11.1 Å². The molecule has 0 radical (unpaired) electrons. The number of para-hydroxylation sites is 1. The lowest BCUT2D eigenvalue weighted by atomic mass is 9.86. The van der Waals surface area contributed by atoms with Crippen LogP contribution in [0.1, 0.15) is 38.7 Å². The van der Waals surface area contributed by atoms with Crippen molar-refractivity contribution in [2.75, 3.05) is 18.0 Å². The van der Waals surface area contributed by atoms with Crippen LogP contribution in [-0.2, 0) is 0 Å². The van der Waals surface area contributed by atoms with E-state index in [9.17, 15) is 15.0 Å². The molecule has 0 saturated carbocycles. The lowest BCUT2D eigenvalue weighted by Crippen LogP contribution is -2.48. The molecule has 2 aromatic carbocycles. The molecular formula is C26H32N4O3. The monoisotopic (exact) mass is 448 g/mol. The van der Waals surface area contributed by atoms with Gasteiger partial charge >= 0.3 is 6.09 Å². The Morgan fingerprint density at radius 2 is 2.00 bits per heavy atom. The third-order valence-corrected chi connectivity index (χ3v) is 6.34. The number of nitrogens with one attached hydrogen (secondary N) is 1. The molecule has 1 aliphatic rings. The molecule has 2 atom stereocenters. The van der Waals surface area contributed by atoms with Crippen LogP contribution in [0.15, 0.2) is 42.5 Å². The zero-order valence-corrected chi connectivity index (χ0v) is 19.5. The third kappa shape index (κ3) is 5.18. The summed E-state index contributed by atoms with van der Waals surface area (Å²) >= 11 is 0. The number of phenols is 1. The number of anilines is 1. The fourth-order valence-corrected chi connectivity index (χ4v) is 4.81. The SMILES string of the molecule is Cc1ccc2c(N3CCC[C@H](C(CC(C)C)NC(=O)O)C3)nc(-c3ccccc3O)nc2c1. The number of carbonyl (C=O) groups is 1. The van der Waals surface area contributed by atoms with Crippen LogP contribution in [0.2, 0.25) is 0 Å². The Labute approximate surface area is 194 Å². The van der Waals surface area contributed by atoms with Crippen LogP contribution in [0.5, 0.6) is 5.75 Å². The van der Waals surface area contributed by atoms with Crippen LogP contribution in [0.3, 0.4) is 0 Å². The highest BCUT2D eigenvalue weighted by Crippen LogP contribution is 2.34. The number of rotatable bonds is 6. The number of aromatic nitrogens is 2. The first-order valence-electron chi connectivity index (χ1n) is 11.6. The summed E-state index contributed by atoms with van der Waals surface area (Å²) < 4.78 is 0. The van der Waals surface area contributed by atoms with E-state index < -0.39 is 6.09 Å². The van der Waals surface area contributed by atoms with Gasteiger partial charge in [-0.2, -0.15) is 0 Å². The molecule has 2 heterocycles. The maximum atomic E-state index is 11.5. The first kappa shape index (κ1) is 22.8. The number of aryl methyl sites for hydroxylation is 1. The Balaban J connectivity index is 1.74. The van der Waals surface area contributed by atoms with Gasteiger partial charge in [0.1, 0.15) is 11.6 Å². The van der Waals surface area contributed by atoms with Gasteiger partial charge in [-0.15, -0.1) is 0 Å². The second-order valence-electron chi connectivity index (χ2n) is 9.44. The van der Waals surface area contributed by atoms with Gasteiger partial charge in [-0.05, 0) is 67.9 Å². The molecule has 1 saturated heterocycles. The van der Waals surface area contributed by atoms with Crippen molar-refractivity contribution in [3.05, 3.63) is 48.0 Å². The van der Waals surface area contributed by atoms with Crippen molar-refractivity contribution in [3.63, 3.8) is 0 Å². The topological polar surface area (TPSA) is 98.6 Å². The van der Waals surface area contributed by atoms with Gasteiger partial charge in [-0.25, -0.2) is 14.8 Å². The van der Waals surface area contributed by atoms with Crippen molar-refractivity contribution < 1.29 is 15.0 Å². The number of hydrogen-bond acceptors (Lipinski definition) is 5. The van der Waals surface area contributed by atoms with Crippen molar-refractivity contribution in [1.82, 2.24) is 15.3 Å². The normalized spacial score (nSPS) is 17.3. The summed E-state index contributed by atoms with van der Waals surface area (Å²) in [6, 6.07) is 13.2. The molecule has 0 aliphatic carbocycles. The van der Waals surface area contributed by atoms with Gasteiger partial charge in [0, 0.05) is 24.5 Å². The number of carboxylic acid groups (broad SMARTS) is 1. The number of amides is 1. The summed E-state index contributed by atoms with van der Waals surface area (Å²) in [5.74, 6) is 2.07. The Kier molecular flexibility index (Phi) is 6.67. The van der Waals surface area contributed by atoms with Crippen LogP contribution in [0.25, 0.3) is 22.3 Å². The maximum Gasteiger partial charge on any atom is 0.404 e. The van der Waals surface area contributed by atoms with Crippen LogP contribution >= 0.6 is 0 Å². The van der Waals surface area contributed by atoms with E-state index in [2.05, 4.69) is 36.2 Å². The van der Waals surface area contributed by atoms with E-state index in [0.29, 0.717) is 17.3 Å². The summed E-state index contributed by atoms with van der Waals surface area (Å²) in [6.07, 6.45) is 1.77. The molecule has 1 fully saturated rings. The lowest BCUT2D eigenvalue weighted by Gasteiger charge is -2.38. The van der Waals surface area contributed by atoms with Gasteiger partial charge < -0.3 is 20.4 Å². The lowest BCUT2D eigenvalue weighted by molar-refractivity contribution is 0.177. The quantitative estimate of drug-likeness (QED) is 0.479. The van der Waals surface area contributed by atoms with Gasteiger partial charge in [0.2, 0.25) is 0 Å². The zero-order valence-electron chi connectivity index (χ0n) is 19.5. The molecule has 1 amide bonds. The average molecular weight is 449 g/mol. The largest absolute Gasteiger partial charge is 0.507 e. The number of fused-ring (bicyclic) bond motifs is 1. The molecule has 0 spiro atoms. The molecule has 4 rings (SSSR count). The Morgan fingerprint density at radius 3 is 2.73 bits per heavy atom. The smallest absolute Gasteiger partial charge is 0.404 e. The summed E-state index contributed by atoms with van der Waals surface area (Å²) in [4.78, 5) is 23.4. The minimum absolute atomic E-state index is 0.0988. The van der Waals surface area contributed by atoms with Crippen LogP contribution < -0.4 is 10.2 Å². The van der Waals surface area contributed by atoms with E-state index in [0.717, 1.165) is 54.6 Å². The minimum atomic E-state index is -0.970. The first-order valence-corrected chi connectivity index (χ1v) is 11.6. The molecule has 3 N–H and O–H groups in total. The minimum Gasteiger partial charge on any atom is -0.507 e. The van der Waals surface area contributed by atoms with Gasteiger partial charge in [-0.3, -0.25) is 0 Å². The molecule has 1 aromatic heterocycles. The summed E-state index contributed by atoms with van der Waals surface area (Å²) in [6.45, 7) is 7.84. The Bertz CT molecular complexity index is 1150. The van der Waals surface area contributed by atoms with E-state index in [1.54, 1.807) is 12.1 Å². The number of hydrogen-bond donors (Lipinski definition) is 3. The number of piperidine rings is 1. The van der Waals surface area contributed by atoms with Crippen molar-refractivity contribution in [2.45, 2.75) is 46.1 Å². The fraction of sp³-hybridized carbons (Fsp3) is 0.423. The van der Waals surface area contributed by atoms with E-state index in [1.165, 1.54) is 0 Å². The van der Waals surface area contributed by atoms with Crippen molar-refractivity contribution in [1.29, 1.82) is 0 Å².